The summed E-state index contributed by atoms with van der Waals surface area (Å²) in [7, 11) is 3.48. The van der Waals surface area contributed by atoms with Crippen LogP contribution < -0.4 is 0 Å². The lowest BCUT2D eigenvalue weighted by atomic mass is 9.92. The van der Waals surface area contributed by atoms with Crippen molar-refractivity contribution in [3.05, 3.63) is 100.0 Å². The van der Waals surface area contributed by atoms with Crippen molar-refractivity contribution >= 4 is 34.8 Å². The molecule has 4 aromatic rings. The largest absolute Gasteiger partial charge is 0.385 e. The summed E-state index contributed by atoms with van der Waals surface area (Å²) >= 11 is 6.24. The van der Waals surface area contributed by atoms with Gasteiger partial charge in [0, 0.05) is 79.3 Å². The zero-order chi connectivity index (χ0) is 27.1. The number of nitrogens with zero attached hydrogens (tertiary/aromatic N) is 3. The molecule has 198 valence electrons. The number of pyridine rings is 1. The fraction of sp³-hybridized carbons (Fsp3) is 0.300. The maximum Gasteiger partial charge on any atom is 0.253 e. The summed E-state index contributed by atoms with van der Waals surface area (Å²) in [5.41, 5.74) is 5.73. The Kier molecular flexibility index (Phi) is 9.15. The molecule has 3 heterocycles. The van der Waals surface area contributed by atoms with Crippen molar-refractivity contribution in [3.8, 4) is 0 Å². The highest BCUT2D eigenvalue weighted by Gasteiger charge is 2.31. The van der Waals surface area contributed by atoms with Gasteiger partial charge >= 0.3 is 0 Å². The molecule has 0 aliphatic carbocycles. The van der Waals surface area contributed by atoms with Crippen LogP contribution in [0.3, 0.4) is 0 Å². The van der Waals surface area contributed by atoms with Crippen LogP contribution in [0.5, 0.6) is 0 Å². The van der Waals surface area contributed by atoms with E-state index in [1.165, 1.54) is 5.56 Å². The van der Waals surface area contributed by atoms with Gasteiger partial charge in [0.25, 0.3) is 5.91 Å². The van der Waals surface area contributed by atoms with Crippen molar-refractivity contribution in [2.75, 3.05) is 33.9 Å². The van der Waals surface area contributed by atoms with Crippen LogP contribution in [0.4, 0.5) is 0 Å². The minimum absolute atomic E-state index is 0.0423. The first kappa shape index (κ1) is 27.4. The Morgan fingerprint density at radius 1 is 1.21 bits per heavy atom. The first-order valence-corrected chi connectivity index (χ1v) is 13.1. The molecule has 0 fully saturated rings. The Balaban J connectivity index is 0.000000786. The Bertz CT molecular complexity index is 1370. The predicted octanol–water partition coefficient (Wildman–Crippen LogP) is 5.29. The molecular weight excluding hydrogens is 500 g/mol. The third kappa shape index (κ3) is 6.06. The van der Waals surface area contributed by atoms with E-state index in [1.54, 1.807) is 30.2 Å². The Morgan fingerprint density at radius 3 is 2.63 bits per heavy atom. The molecule has 1 aliphatic rings. The van der Waals surface area contributed by atoms with Gasteiger partial charge in [0.05, 0.1) is 6.04 Å². The topological polar surface area (TPSA) is 78.5 Å². The number of aromatic amines is 1. The number of fused-ring (bicyclic) bond motifs is 3. The van der Waals surface area contributed by atoms with Crippen molar-refractivity contribution < 1.29 is 14.3 Å². The second-order valence-corrected chi connectivity index (χ2v) is 9.64. The van der Waals surface area contributed by atoms with E-state index in [1.807, 2.05) is 67.6 Å². The quantitative estimate of drug-likeness (QED) is 0.328. The fourth-order valence-corrected chi connectivity index (χ4v) is 4.88. The highest BCUT2D eigenvalue weighted by atomic mass is 35.5. The van der Waals surface area contributed by atoms with Gasteiger partial charge in [-0.1, -0.05) is 29.8 Å². The first-order chi connectivity index (χ1) is 18.5. The van der Waals surface area contributed by atoms with Gasteiger partial charge in [-0.05, 0) is 66.9 Å². The molecule has 2 aromatic heterocycles. The number of rotatable bonds is 7. The third-order valence-corrected chi connectivity index (χ3v) is 7.04. The van der Waals surface area contributed by atoms with Crippen LogP contribution >= 0.6 is 11.6 Å². The summed E-state index contributed by atoms with van der Waals surface area (Å²) < 4.78 is 4.54. The van der Waals surface area contributed by atoms with Crippen LogP contribution in [0.1, 0.15) is 45.8 Å². The second-order valence-electron chi connectivity index (χ2n) is 9.20. The monoisotopic (exact) mass is 532 g/mol. The molecule has 0 spiro atoms. The number of nitrogens with one attached hydrogen (secondary N) is 1. The second kappa shape index (κ2) is 12.7. The molecule has 2 amide bonds. The highest BCUT2D eigenvalue weighted by Crippen LogP contribution is 2.38. The minimum Gasteiger partial charge on any atom is -0.385 e. The van der Waals surface area contributed by atoms with E-state index in [4.69, 9.17) is 11.6 Å². The summed E-state index contributed by atoms with van der Waals surface area (Å²) in [5, 5.41) is 1.79. The molecule has 5 rings (SSSR count). The number of hydrogen-bond donors (Lipinski definition) is 1. The standard InChI is InChI=1S/C27H25ClN4O2.C3H8O/c1-31(14-11-21-4-2-3-13-29-21)27(34)19-7-5-18(6-8-19)26-25-22(12-15-32(26)17-33)23-16-20(28)9-10-24(23)30-25;1-3-4-2/h2-10,13,16-17,26,30H,11-12,14-15H2,1H3;3H2,1-2H3. The first-order valence-electron chi connectivity index (χ1n) is 12.7. The van der Waals surface area contributed by atoms with Gasteiger partial charge in [0.1, 0.15) is 0 Å². The maximum atomic E-state index is 12.9. The summed E-state index contributed by atoms with van der Waals surface area (Å²) in [6, 6.07) is 18.9. The van der Waals surface area contributed by atoms with Crippen LogP contribution in [0.15, 0.2) is 66.9 Å². The van der Waals surface area contributed by atoms with Crippen molar-refractivity contribution in [2.24, 2.45) is 0 Å². The lowest BCUT2D eigenvalue weighted by Gasteiger charge is -2.33. The Hall–Kier alpha value is -3.68. The molecule has 1 unspecified atom stereocenters. The van der Waals surface area contributed by atoms with E-state index in [0.717, 1.165) is 47.3 Å². The SMILES string of the molecule is CCOC.CN(CCc1ccccn1)C(=O)c1ccc(C2c3[nH]c4ccc(Cl)cc4c3CCN2C=O)cc1. The van der Waals surface area contributed by atoms with E-state index in [9.17, 15) is 9.59 Å². The zero-order valence-corrected chi connectivity index (χ0v) is 22.7. The van der Waals surface area contributed by atoms with Gasteiger partial charge in [-0.3, -0.25) is 14.6 Å². The summed E-state index contributed by atoms with van der Waals surface area (Å²) in [5.74, 6) is -0.0423. The summed E-state index contributed by atoms with van der Waals surface area (Å²) in [4.78, 5) is 36.2. The molecule has 8 heteroatoms. The number of aromatic nitrogens is 2. The molecule has 0 bridgehead atoms. The van der Waals surface area contributed by atoms with Gasteiger partial charge in [-0.15, -0.1) is 0 Å². The highest BCUT2D eigenvalue weighted by molar-refractivity contribution is 6.31. The number of benzene rings is 2. The molecule has 2 aromatic carbocycles. The number of likely N-dealkylation sites (N-methyl/N-ethyl adjacent to an activating group) is 1. The molecule has 0 saturated carbocycles. The molecule has 0 radical (unpaired) electrons. The molecule has 1 N–H and O–H groups in total. The van der Waals surface area contributed by atoms with Crippen molar-refractivity contribution in [1.29, 1.82) is 0 Å². The van der Waals surface area contributed by atoms with Gasteiger partial charge in [-0.2, -0.15) is 0 Å². The number of carbonyl (C=O) groups excluding carboxylic acids is 2. The summed E-state index contributed by atoms with van der Waals surface area (Å²) in [6.45, 7) is 3.98. The van der Waals surface area contributed by atoms with Gasteiger partial charge in [0.15, 0.2) is 0 Å². The number of carbonyl (C=O) groups is 2. The molecule has 38 heavy (non-hydrogen) atoms. The average molecular weight is 533 g/mol. The fourth-order valence-electron chi connectivity index (χ4n) is 4.71. The predicted molar refractivity (Wildman–Crippen MR) is 151 cm³/mol. The smallest absolute Gasteiger partial charge is 0.253 e. The van der Waals surface area contributed by atoms with E-state index in [-0.39, 0.29) is 11.9 Å². The van der Waals surface area contributed by atoms with Crippen molar-refractivity contribution in [1.82, 2.24) is 19.8 Å². The number of amides is 2. The minimum atomic E-state index is -0.238. The van der Waals surface area contributed by atoms with Crippen molar-refractivity contribution in [3.63, 3.8) is 0 Å². The Morgan fingerprint density at radius 2 is 1.97 bits per heavy atom. The van der Waals surface area contributed by atoms with Gasteiger partial charge in [0.2, 0.25) is 6.41 Å². The van der Waals surface area contributed by atoms with Gasteiger partial charge in [-0.25, -0.2) is 0 Å². The zero-order valence-electron chi connectivity index (χ0n) is 22.0. The van der Waals surface area contributed by atoms with E-state index in [2.05, 4.69) is 14.7 Å². The number of halogens is 1. The Labute approximate surface area is 228 Å². The summed E-state index contributed by atoms with van der Waals surface area (Å²) in [6.07, 6.45) is 4.13. The van der Waals surface area contributed by atoms with Gasteiger partial charge < -0.3 is 19.5 Å². The average Bonchev–Trinajstić information content (AvgIpc) is 3.33. The van der Waals surface area contributed by atoms with Crippen LogP contribution in [0.2, 0.25) is 5.02 Å². The van der Waals surface area contributed by atoms with Crippen LogP contribution in [-0.4, -0.2) is 65.9 Å². The van der Waals surface area contributed by atoms with Crippen LogP contribution in [0.25, 0.3) is 10.9 Å². The molecule has 0 saturated heterocycles. The van der Waals surface area contributed by atoms with E-state index >= 15 is 0 Å². The number of H-pyrrole nitrogens is 1. The van der Waals surface area contributed by atoms with Crippen molar-refractivity contribution in [2.45, 2.75) is 25.8 Å². The van der Waals surface area contributed by atoms with E-state index < -0.39 is 0 Å². The molecular formula is C30H33ClN4O3. The lowest BCUT2D eigenvalue weighted by molar-refractivity contribution is -0.120. The normalized spacial score (nSPS) is 14.4. The van der Waals surface area contributed by atoms with E-state index in [0.29, 0.717) is 30.1 Å². The lowest BCUT2D eigenvalue weighted by Crippen LogP contribution is -2.35. The molecule has 1 aliphatic heterocycles. The maximum absolute atomic E-state index is 12.9. The van der Waals surface area contributed by atoms with Crippen LogP contribution in [0, 0.1) is 0 Å². The molecule has 7 nitrogen and oxygen atoms in total. The third-order valence-electron chi connectivity index (χ3n) is 6.80. The number of ether oxygens (including phenoxy) is 1. The van der Waals surface area contributed by atoms with Crippen LogP contribution in [-0.2, 0) is 22.4 Å². The number of methoxy groups -OCH3 is 1. The molecule has 1 atom stereocenters. The number of hydrogen-bond acceptors (Lipinski definition) is 4.